The van der Waals surface area contributed by atoms with Gasteiger partial charge in [0.1, 0.15) is 5.82 Å². The number of nitrogens with one attached hydrogen (secondary N) is 2. The van der Waals surface area contributed by atoms with Gasteiger partial charge in [0.2, 0.25) is 0 Å². The second-order valence-electron chi connectivity index (χ2n) is 6.07. The first kappa shape index (κ1) is 14.4. The van der Waals surface area contributed by atoms with Crippen molar-refractivity contribution in [1.29, 1.82) is 0 Å². The lowest BCUT2D eigenvalue weighted by atomic mass is 10.1. The van der Waals surface area contributed by atoms with Gasteiger partial charge < -0.3 is 5.32 Å². The van der Waals surface area contributed by atoms with Crippen molar-refractivity contribution in [2.24, 2.45) is 0 Å². The minimum absolute atomic E-state index is 0.234. The Morgan fingerprint density at radius 2 is 1.68 bits per heavy atom. The zero-order valence-corrected chi connectivity index (χ0v) is 14.0. The summed E-state index contributed by atoms with van der Waals surface area (Å²) in [6.45, 7) is 0. The van der Waals surface area contributed by atoms with E-state index >= 15 is 0 Å². The quantitative estimate of drug-likeness (QED) is 0.446. The third-order valence-electron chi connectivity index (χ3n) is 4.51. The zero-order chi connectivity index (χ0) is 16.8. The third-order valence-corrected chi connectivity index (χ3v) is 5.43. The summed E-state index contributed by atoms with van der Waals surface area (Å²) in [7, 11) is 0. The zero-order valence-electron chi connectivity index (χ0n) is 13.2. The van der Waals surface area contributed by atoms with E-state index in [1.54, 1.807) is 23.5 Å². The molecule has 3 nitrogen and oxygen atoms in total. The molecule has 0 unspecified atom stereocenters. The largest absolute Gasteiger partial charge is 0.356 e. The molecular formula is C20H14FN3S. The number of rotatable bonds is 3. The van der Waals surface area contributed by atoms with Gasteiger partial charge in [-0.1, -0.05) is 12.1 Å². The van der Waals surface area contributed by atoms with Crippen LogP contribution in [0.15, 0.2) is 60.0 Å². The fourth-order valence-electron chi connectivity index (χ4n) is 3.27. The van der Waals surface area contributed by atoms with Gasteiger partial charge in [-0.2, -0.15) is 5.10 Å². The molecule has 0 fully saturated rings. The van der Waals surface area contributed by atoms with E-state index in [0.717, 1.165) is 34.7 Å². The summed E-state index contributed by atoms with van der Waals surface area (Å²) in [6.07, 6.45) is 0.948. The highest BCUT2D eigenvalue weighted by Gasteiger charge is 2.25. The molecule has 0 radical (unpaired) electrons. The normalized spacial score (nSPS) is 12.0. The van der Waals surface area contributed by atoms with Gasteiger partial charge in [0.15, 0.2) is 0 Å². The number of thiophene rings is 1. The Kier molecular flexibility index (Phi) is 3.21. The number of hydrogen-bond acceptors (Lipinski definition) is 3. The molecular weight excluding hydrogens is 333 g/mol. The smallest absolute Gasteiger partial charge is 0.123 e. The molecule has 1 aliphatic rings. The second kappa shape index (κ2) is 5.57. The van der Waals surface area contributed by atoms with Crippen LogP contribution in [0.25, 0.3) is 22.5 Å². The highest BCUT2D eigenvalue weighted by molar-refractivity contribution is 7.10. The monoisotopic (exact) mass is 347 g/mol. The standard InChI is InChI=1S/C20H14FN3S/c21-13-3-7-15(8-4-13)22-14-5-1-12(2-6-14)19-17-11-18-16(9-10-25-18)20(17)24-23-19/h1-10,22H,11H2,(H,23,24). The molecule has 0 amide bonds. The first-order valence-electron chi connectivity index (χ1n) is 8.05. The van der Waals surface area contributed by atoms with Gasteiger partial charge >= 0.3 is 0 Å². The van der Waals surface area contributed by atoms with Gasteiger partial charge in [-0.05, 0) is 47.8 Å². The summed E-state index contributed by atoms with van der Waals surface area (Å²) < 4.78 is 13.0. The molecule has 122 valence electrons. The van der Waals surface area contributed by atoms with Gasteiger partial charge in [-0.15, -0.1) is 11.3 Å². The fourth-order valence-corrected chi connectivity index (χ4v) is 4.16. The fraction of sp³-hybridized carbons (Fsp3) is 0.0500. The van der Waals surface area contributed by atoms with Gasteiger partial charge in [0, 0.05) is 39.4 Å². The predicted molar refractivity (Wildman–Crippen MR) is 99.8 cm³/mol. The number of fused-ring (bicyclic) bond motifs is 3. The van der Waals surface area contributed by atoms with Crippen LogP contribution in [0.4, 0.5) is 15.8 Å². The molecule has 0 bridgehead atoms. The Hall–Kier alpha value is -2.92. The summed E-state index contributed by atoms with van der Waals surface area (Å²) >= 11 is 1.80. The van der Waals surface area contributed by atoms with Crippen LogP contribution in [0.3, 0.4) is 0 Å². The average molecular weight is 347 g/mol. The third kappa shape index (κ3) is 2.44. The summed E-state index contributed by atoms with van der Waals surface area (Å²) in [5.41, 5.74) is 7.65. The molecule has 5 rings (SSSR count). The number of halogens is 1. The highest BCUT2D eigenvalue weighted by atomic mass is 32.1. The van der Waals surface area contributed by atoms with E-state index in [1.165, 1.54) is 28.1 Å². The van der Waals surface area contributed by atoms with Gasteiger partial charge in [0.05, 0.1) is 11.4 Å². The highest BCUT2D eigenvalue weighted by Crippen LogP contribution is 2.42. The van der Waals surface area contributed by atoms with Crippen LogP contribution >= 0.6 is 11.3 Å². The minimum Gasteiger partial charge on any atom is -0.356 e. The van der Waals surface area contributed by atoms with Crippen molar-refractivity contribution < 1.29 is 4.39 Å². The number of benzene rings is 2. The molecule has 2 heterocycles. The Bertz CT molecular complexity index is 1050. The summed E-state index contributed by atoms with van der Waals surface area (Å²) in [6, 6.07) is 16.7. The molecule has 2 N–H and O–H groups in total. The van der Waals surface area contributed by atoms with Crippen molar-refractivity contribution in [1.82, 2.24) is 10.2 Å². The van der Waals surface area contributed by atoms with E-state index in [-0.39, 0.29) is 5.82 Å². The molecule has 4 aromatic rings. The van der Waals surface area contributed by atoms with Crippen molar-refractivity contribution in [2.75, 3.05) is 5.32 Å². The van der Waals surface area contributed by atoms with Crippen molar-refractivity contribution in [3.8, 4) is 22.5 Å². The predicted octanol–water partition coefficient (Wildman–Crippen LogP) is 5.59. The molecule has 1 aliphatic carbocycles. The van der Waals surface area contributed by atoms with Crippen LogP contribution in [0.1, 0.15) is 10.4 Å². The molecule has 0 saturated heterocycles. The van der Waals surface area contributed by atoms with Crippen molar-refractivity contribution >= 4 is 22.7 Å². The lowest BCUT2D eigenvalue weighted by Gasteiger charge is -2.07. The summed E-state index contributed by atoms with van der Waals surface area (Å²) in [4.78, 5) is 1.40. The maximum atomic E-state index is 13.0. The molecule has 0 aliphatic heterocycles. The van der Waals surface area contributed by atoms with Crippen molar-refractivity contribution in [2.45, 2.75) is 6.42 Å². The van der Waals surface area contributed by atoms with Crippen molar-refractivity contribution in [3.05, 3.63) is 76.2 Å². The van der Waals surface area contributed by atoms with Crippen LogP contribution < -0.4 is 5.32 Å². The summed E-state index contributed by atoms with van der Waals surface area (Å²) in [5.74, 6) is -0.234. The van der Waals surface area contributed by atoms with Crippen LogP contribution in [0.2, 0.25) is 0 Å². The Labute approximate surface area is 148 Å². The van der Waals surface area contributed by atoms with E-state index < -0.39 is 0 Å². The van der Waals surface area contributed by atoms with Gasteiger partial charge in [-0.25, -0.2) is 4.39 Å². The Morgan fingerprint density at radius 1 is 0.960 bits per heavy atom. The minimum atomic E-state index is -0.234. The molecule has 0 atom stereocenters. The van der Waals surface area contributed by atoms with Crippen LogP contribution in [0, 0.1) is 5.82 Å². The Morgan fingerprint density at radius 3 is 2.44 bits per heavy atom. The number of aromatic amines is 1. The summed E-state index contributed by atoms with van der Waals surface area (Å²) in [5, 5.41) is 13.1. The number of hydrogen-bond donors (Lipinski definition) is 2. The van der Waals surface area contributed by atoms with Gasteiger partial charge in [-0.3, -0.25) is 5.10 Å². The molecule has 5 heteroatoms. The molecule has 2 aromatic carbocycles. The van der Waals surface area contributed by atoms with Crippen molar-refractivity contribution in [3.63, 3.8) is 0 Å². The lowest BCUT2D eigenvalue weighted by Crippen LogP contribution is -1.91. The van der Waals surface area contributed by atoms with Crippen LogP contribution in [-0.4, -0.2) is 10.2 Å². The molecule has 2 aromatic heterocycles. The van der Waals surface area contributed by atoms with E-state index in [9.17, 15) is 4.39 Å². The molecule has 0 spiro atoms. The van der Waals surface area contributed by atoms with Crippen LogP contribution in [-0.2, 0) is 6.42 Å². The Balaban J connectivity index is 1.42. The molecule has 0 saturated carbocycles. The maximum absolute atomic E-state index is 13.0. The number of H-pyrrole nitrogens is 1. The van der Waals surface area contributed by atoms with Gasteiger partial charge in [0.25, 0.3) is 0 Å². The van der Waals surface area contributed by atoms with E-state index in [1.807, 2.05) is 12.1 Å². The van der Waals surface area contributed by atoms with Crippen LogP contribution in [0.5, 0.6) is 0 Å². The second-order valence-corrected chi connectivity index (χ2v) is 7.07. The number of nitrogens with zero attached hydrogens (tertiary/aromatic N) is 1. The lowest BCUT2D eigenvalue weighted by molar-refractivity contribution is 0.628. The number of aromatic nitrogens is 2. The first-order chi connectivity index (χ1) is 12.3. The average Bonchev–Trinajstić information content (AvgIpc) is 3.30. The van der Waals surface area contributed by atoms with E-state index in [0.29, 0.717) is 0 Å². The van der Waals surface area contributed by atoms with E-state index in [4.69, 9.17) is 0 Å². The van der Waals surface area contributed by atoms with E-state index in [2.05, 4.69) is 39.1 Å². The maximum Gasteiger partial charge on any atom is 0.123 e. The number of anilines is 2. The topological polar surface area (TPSA) is 40.7 Å². The molecule has 25 heavy (non-hydrogen) atoms. The SMILES string of the molecule is Fc1ccc(Nc2ccc(-c3n[nH]c4c3Cc3sccc3-4)cc2)cc1. The first-order valence-corrected chi connectivity index (χ1v) is 8.93.